The number of aromatic nitrogens is 1. The second-order valence-corrected chi connectivity index (χ2v) is 6.35. The Balaban J connectivity index is 2.39. The Hall–Kier alpha value is -1.31. The first kappa shape index (κ1) is 16.1. The van der Waals surface area contributed by atoms with Crippen molar-refractivity contribution in [3.63, 3.8) is 0 Å². The average Bonchev–Trinajstić information content (AvgIpc) is 2.57. The van der Waals surface area contributed by atoms with Gasteiger partial charge in [-0.15, -0.1) is 0 Å². The Kier molecular flexibility index (Phi) is 3.95. The van der Waals surface area contributed by atoms with Gasteiger partial charge in [0.2, 0.25) is 0 Å². The van der Waals surface area contributed by atoms with E-state index in [0.717, 1.165) is 4.90 Å². The highest BCUT2D eigenvalue weighted by Crippen LogP contribution is 2.37. The van der Waals surface area contributed by atoms with Gasteiger partial charge in [-0.25, -0.2) is 9.78 Å². The van der Waals surface area contributed by atoms with E-state index in [4.69, 9.17) is 26.0 Å². The van der Waals surface area contributed by atoms with E-state index in [0.29, 0.717) is 5.46 Å². The minimum atomic E-state index is -1.14. The highest BCUT2D eigenvalue weighted by Gasteiger charge is 2.52. The molecule has 0 spiro atoms. The van der Waals surface area contributed by atoms with Gasteiger partial charge in [-0.3, -0.25) is 4.90 Å². The summed E-state index contributed by atoms with van der Waals surface area (Å²) < 4.78 is 11.9. The van der Waals surface area contributed by atoms with Gasteiger partial charge in [0.25, 0.3) is 0 Å². The number of hydrogen-bond donors (Lipinski definition) is 1. The van der Waals surface area contributed by atoms with Crippen molar-refractivity contribution in [3.8, 4) is 0 Å². The third kappa shape index (κ3) is 2.73. The summed E-state index contributed by atoms with van der Waals surface area (Å²) in [7, 11) is 0.719. The van der Waals surface area contributed by atoms with Crippen LogP contribution in [0.1, 0.15) is 27.7 Å². The first-order valence-electron chi connectivity index (χ1n) is 6.53. The molecule has 1 fully saturated rings. The Morgan fingerprint density at radius 1 is 1.33 bits per heavy atom. The van der Waals surface area contributed by atoms with Crippen molar-refractivity contribution in [2.75, 3.05) is 11.9 Å². The van der Waals surface area contributed by atoms with Crippen molar-refractivity contribution in [2.24, 2.45) is 0 Å². The molecular formula is C13H18BClN2O4. The lowest BCUT2D eigenvalue weighted by molar-refractivity contribution is 0.00578. The van der Waals surface area contributed by atoms with E-state index in [2.05, 4.69) is 4.98 Å². The molecule has 1 aliphatic heterocycles. The number of hydrogen-bond acceptors (Lipinski definition) is 4. The lowest BCUT2D eigenvalue weighted by Gasteiger charge is -2.32. The Morgan fingerprint density at radius 2 is 1.86 bits per heavy atom. The van der Waals surface area contributed by atoms with E-state index in [-0.39, 0.29) is 10.8 Å². The van der Waals surface area contributed by atoms with Crippen LogP contribution in [-0.4, -0.2) is 41.6 Å². The molecule has 0 aliphatic carbocycles. The minimum Gasteiger partial charge on any atom is -0.465 e. The van der Waals surface area contributed by atoms with E-state index in [1.54, 1.807) is 6.07 Å². The number of anilines is 1. The van der Waals surface area contributed by atoms with Crippen molar-refractivity contribution in [1.29, 1.82) is 0 Å². The van der Waals surface area contributed by atoms with E-state index in [1.165, 1.54) is 13.2 Å². The fourth-order valence-corrected chi connectivity index (χ4v) is 2.25. The Labute approximate surface area is 129 Å². The lowest BCUT2D eigenvalue weighted by atomic mass is 9.79. The molecule has 1 saturated heterocycles. The number of carbonyl (C=O) groups is 1. The van der Waals surface area contributed by atoms with E-state index < -0.39 is 24.4 Å². The smallest absolute Gasteiger partial charge is 0.465 e. The maximum Gasteiger partial charge on any atom is 0.496 e. The van der Waals surface area contributed by atoms with Crippen molar-refractivity contribution < 1.29 is 19.2 Å². The standard InChI is InChI=1S/C13H18BClN2O4/c1-12(2)13(3,4)21-14(20-12)8-6-7-16-10(9(8)15)17(5)11(18)19/h6-7H,1-5H3,(H,18,19). The monoisotopic (exact) mass is 312 g/mol. The molecule has 2 heterocycles. The van der Waals surface area contributed by atoms with Gasteiger partial charge < -0.3 is 14.4 Å². The molecule has 0 unspecified atom stereocenters. The van der Waals surface area contributed by atoms with Gasteiger partial charge in [0, 0.05) is 18.7 Å². The first-order chi connectivity index (χ1) is 9.57. The predicted octanol–water partition coefficient (Wildman–Crippen LogP) is 2.15. The van der Waals surface area contributed by atoms with Crippen LogP contribution in [0.5, 0.6) is 0 Å². The molecule has 0 atom stereocenters. The average molecular weight is 313 g/mol. The van der Waals surface area contributed by atoms with Crippen LogP contribution < -0.4 is 10.4 Å². The lowest BCUT2D eigenvalue weighted by Crippen LogP contribution is -2.41. The van der Waals surface area contributed by atoms with Crippen LogP contribution in [0.2, 0.25) is 5.02 Å². The van der Waals surface area contributed by atoms with Gasteiger partial charge in [0.05, 0.1) is 16.2 Å². The van der Waals surface area contributed by atoms with Crippen LogP contribution in [0.4, 0.5) is 10.6 Å². The number of carboxylic acid groups (broad SMARTS) is 1. The molecule has 0 bridgehead atoms. The Bertz CT molecular complexity index is 563. The SMILES string of the molecule is CN(C(=O)O)c1nccc(B2OC(C)(C)C(C)(C)O2)c1Cl. The second kappa shape index (κ2) is 5.16. The first-order valence-corrected chi connectivity index (χ1v) is 6.91. The van der Waals surface area contributed by atoms with Crippen LogP contribution in [0.25, 0.3) is 0 Å². The molecule has 114 valence electrons. The third-order valence-corrected chi connectivity index (χ3v) is 4.40. The molecule has 6 nitrogen and oxygen atoms in total. The van der Waals surface area contributed by atoms with Gasteiger partial charge in [0.1, 0.15) is 0 Å². The topological polar surface area (TPSA) is 71.9 Å². The van der Waals surface area contributed by atoms with Crippen LogP contribution in [-0.2, 0) is 9.31 Å². The van der Waals surface area contributed by atoms with Crippen molar-refractivity contribution in [3.05, 3.63) is 17.3 Å². The summed E-state index contributed by atoms with van der Waals surface area (Å²) in [6, 6.07) is 1.67. The van der Waals surface area contributed by atoms with Gasteiger partial charge in [-0.2, -0.15) is 0 Å². The van der Waals surface area contributed by atoms with Crippen LogP contribution >= 0.6 is 11.6 Å². The molecule has 0 saturated carbocycles. The molecular weight excluding hydrogens is 294 g/mol. The number of halogens is 1. The number of rotatable bonds is 2. The summed E-state index contributed by atoms with van der Waals surface area (Å²) in [4.78, 5) is 16.0. The van der Waals surface area contributed by atoms with E-state index in [9.17, 15) is 4.79 Å². The summed E-state index contributed by atoms with van der Waals surface area (Å²) in [5.41, 5.74) is -0.430. The summed E-state index contributed by atoms with van der Waals surface area (Å²) >= 11 is 6.29. The van der Waals surface area contributed by atoms with E-state index >= 15 is 0 Å². The summed E-state index contributed by atoms with van der Waals surface area (Å²) in [5, 5.41) is 9.26. The molecule has 8 heteroatoms. The second-order valence-electron chi connectivity index (χ2n) is 5.97. The minimum absolute atomic E-state index is 0.149. The number of amides is 1. The quantitative estimate of drug-likeness (QED) is 0.847. The molecule has 0 aromatic carbocycles. The molecule has 1 aromatic heterocycles. The van der Waals surface area contributed by atoms with Crippen LogP contribution in [0.15, 0.2) is 12.3 Å². The number of pyridine rings is 1. The maximum atomic E-state index is 11.1. The number of nitrogens with zero attached hydrogens (tertiary/aromatic N) is 2. The molecule has 1 amide bonds. The van der Waals surface area contributed by atoms with Crippen molar-refractivity contribution in [2.45, 2.75) is 38.9 Å². The summed E-state index contributed by atoms with van der Waals surface area (Å²) in [5.74, 6) is 0.149. The van der Waals surface area contributed by atoms with E-state index in [1.807, 2.05) is 27.7 Å². The predicted molar refractivity (Wildman–Crippen MR) is 81.4 cm³/mol. The highest BCUT2D eigenvalue weighted by molar-refractivity contribution is 6.66. The largest absolute Gasteiger partial charge is 0.496 e. The van der Waals surface area contributed by atoms with Gasteiger partial charge >= 0.3 is 13.2 Å². The fraction of sp³-hybridized carbons (Fsp3) is 0.538. The normalized spacial score (nSPS) is 19.6. The molecule has 2 rings (SSSR count). The molecule has 1 aromatic rings. The third-order valence-electron chi connectivity index (χ3n) is 4.01. The zero-order valence-electron chi connectivity index (χ0n) is 12.7. The highest BCUT2D eigenvalue weighted by atomic mass is 35.5. The molecule has 1 aliphatic rings. The zero-order valence-corrected chi connectivity index (χ0v) is 13.4. The zero-order chi connectivity index (χ0) is 16.0. The maximum absolute atomic E-state index is 11.1. The Morgan fingerprint density at radius 3 is 2.33 bits per heavy atom. The fourth-order valence-electron chi connectivity index (χ4n) is 1.92. The summed E-state index contributed by atoms with van der Waals surface area (Å²) in [6.07, 6.45) is 0.344. The summed E-state index contributed by atoms with van der Waals surface area (Å²) in [6.45, 7) is 7.75. The molecule has 0 radical (unpaired) electrons. The van der Waals surface area contributed by atoms with Crippen LogP contribution in [0, 0.1) is 0 Å². The van der Waals surface area contributed by atoms with Crippen molar-refractivity contribution >= 4 is 36.1 Å². The molecule has 1 N–H and O–H groups in total. The van der Waals surface area contributed by atoms with Crippen molar-refractivity contribution in [1.82, 2.24) is 4.98 Å². The molecule has 21 heavy (non-hydrogen) atoms. The van der Waals surface area contributed by atoms with Gasteiger partial charge in [-0.05, 0) is 33.8 Å². The van der Waals surface area contributed by atoms with Gasteiger partial charge in [-0.1, -0.05) is 11.6 Å². The van der Waals surface area contributed by atoms with Crippen LogP contribution in [0.3, 0.4) is 0 Å². The van der Waals surface area contributed by atoms with Gasteiger partial charge in [0.15, 0.2) is 5.82 Å².